The summed E-state index contributed by atoms with van der Waals surface area (Å²) in [5, 5.41) is 3.20. The minimum absolute atomic E-state index is 0.0632. The van der Waals surface area contributed by atoms with Crippen molar-refractivity contribution < 1.29 is 14.3 Å². The summed E-state index contributed by atoms with van der Waals surface area (Å²) in [7, 11) is 0. The van der Waals surface area contributed by atoms with Crippen molar-refractivity contribution in [2.24, 2.45) is 5.92 Å². The molecule has 1 aromatic carbocycles. The molecule has 0 aliphatic carbocycles. The molecule has 0 saturated carbocycles. The summed E-state index contributed by atoms with van der Waals surface area (Å²) < 4.78 is 11.1. The zero-order valence-corrected chi connectivity index (χ0v) is 15.4. The molecule has 1 fully saturated rings. The number of ether oxygens (including phenoxy) is 2. The van der Waals surface area contributed by atoms with E-state index in [-0.39, 0.29) is 18.1 Å². The maximum atomic E-state index is 12.8. The van der Waals surface area contributed by atoms with E-state index in [0.717, 1.165) is 37.4 Å². The van der Waals surface area contributed by atoms with Gasteiger partial charge in [0.05, 0.1) is 12.1 Å². The first-order chi connectivity index (χ1) is 12.6. The van der Waals surface area contributed by atoms with Crippen LogP contribution in [-0.2, 0) is 4.74 Å². The van der Waals surface area contributed by atoms with Gasteiger partial charge in [-0.3, -0.25) is 9.78 Å². The lowest BCUT2D eigenvalue weighted by Crippen LogP contribution is -2.36. The lowest BCUT2D eigenvalue weighted by molar-refractivity contribution is 0.0513. The molecule has 1 N–H and O–H groups in total. The Kier molecular flexibility index (Phi) is 6.23. The number of amides is 1. The maximum absolute atomic E-state index is 12.8. The lowest BCUT2D eigenvalue weighted by Gasteiger charge is -2.31. The highest BCUT2D eigenvalue weighted by molar-refractivity contribution is 5.94. The van der Waals surface area contributed by atoms with Crippen molar-refractivity contribution in [3.05, 3.63) is 59.9 Å². The summed E-state index contributed by atoms with van der Waals surface area (Å²) in [5.74, 6) is 1.03. The van der Waals surface area contributed by atoms with E-state index in [4.69, 9.17) is 9.47 Å². The van der Waals surface area contributed by atoms with Crippen LogP contribution in [0.2, 0.25) is 0 Å². The first-order valence-electron chi connectivity index (χ1n) is 9.18. The Morgan fingerprint density at radius 1 is 1.19 bits per heavy atom. The van der Waals surface area contributed by atoms with Crippen molar-refractivity contribution in [1.82, 2.24) is 10.3 Å². The minimum atomic E-state index is -0.0820. The number of benzene rings is 1. The van der Waals surface area contributed by atoms with Crippen LogP contribution in [0.25, 0.3) is 0 Å². The van der Waals surface area contributed by atoms with Gasteiger partial charge in [-0.1, -0.05) is 6.07 Å². The minimum Gasteiger partial charge on any atom is -0.491 e. The Balaban J connectivity index is 1.74. The highest BCUT2D eigenvalue weighted by atomic mass is 16.5. The van der Waals surface area contributed by atoms with Gasteiger partial charge in [-0.2, -0.15) is 0 Å². The van der Waals surface area contributed by atoms with Crippen LogP contribution in [0.1, 0.15) is 48.7 Å². The zero-order valence-electron chi connectivity index (χ0n) is 15.4. The van der Waals surface area contributed by atoms with Gasteiger partial charge >= 0.3 is 0 Å². The fourth-order valence-corrected chi connectivity index (χ4v) is 3.26. The summed E-state index contributed by atoms with van der Waals surface area (Å²) in [6.45, 7) is 5.43. The second kappa shape index (κ2) is 8.81. The molecule has 0 bridgehead atoms. The summed E-state index contributed by atoms with van der Waals surface area (Å²) in [5.41, 5.74) is 1.66. The normalized spacial score (nSPS) is 16.3. The maximum Gasteiger partial charge on any atom is 0.251 e. The molecule has 2 aromatic rings. The number of carbonyl (C=O) groups is 1. The topological polar surface area (TPSA) is 60.5 Å². The molecule has 2 heterocycles. The van der Waals surface area contributed by atoms with Crippen LogP contribution in [0.15, 0.2) is 48.8 Å². The van der Waals surface area contributed by atoms with Crippen molar-refractivity contribution in [2.75, 3.05) is 13.2 Å². The van der Waals surface area contributed by atoms with Gasteiger partial charge in [-0.15, -0.1) is 0 Å². The molecule has 1 amide bonds. The molecule has 1 atom stereocenters. The molecule has 5 nitrogen and oxygen atoms in total. The number of rotatable bonds is 6. The van der Waals surface area contributed by atoms with Crippen LogP contribution in [0.5, 0.6) is 5.75 Å². The third-order valence-electron chi connectivity index (χ3n) is 4.56. The van der Waals surface area contributed by atoms with E-state index in [2.05, 4.69) is 10.3 Å². The lowest BCUT2D eigenvalue weighted by atomic mass is 9.87. The van der Waals surface area contributed by atoms with Crippen molar-refractivity contribution in [3.63, 3.8) is 0 Å². The highest BCUT2D eigenvalue weighted by Gasteiger charge is 2.27. The van der Waals surface area contributed by atoms with Crippen molar-refractivity contribution in [2.45, 2.75) is 38.8 Å². The molecule has 1 unspecified atom stereocenters. The molecule has 1 aliphatic rings. The fraction of sp³-hybridized carbons (Fsp3) is 0.429. The number of nitrogens with one attached hydrogen (secondary N) is 1. The molecular formula is C21H26N2O3. The van der Waals surface area contributed by atoms with E-state index >= 15 is 0 Å². The molecule has 1 aromatic heterocycles. The Hall–Kier alpha value is -2.40. The Morgan fingerprint density at radius 3 is 2.54 bits per heavy atom. The molecule has 138 valence electrons. The first-order valence-corrected chi connectivity index (χ1v) is 9.18. The zero-order chi connectivity index (χ0) is 18.4. The van der Waals surface area contributed by atoms with Gasteiger partial charge in [0.25, 0.3) is 5.91 Å². The van der Waals surface area contributed by atoms with Crippen LogP contribution in [0.3, 0.4) is 0 Å². The summed E-state index contributed by atoms with van der Waals surface area (Å²) in [6, 6.07) is 11.1. The van der Waals surface area contributed by atoms with Gasteiger partial charge in [0.15, 0.2) is 0 Å². The molecule has 3 rings (SSSR count). The summed E-state index contributed by atoms with van der Waals surface area (Å²) in [4.78, 5) is 17.0. The molecule has 0 spiro atoms. The Labute approximate surface area is 154 Å². The van der Waals surface area contributed by atoms with E-state index in [1.165, 1.54) is 0 Å². The highest BCUT2D eigenvalue weighted by Crippen LogP contribution is 2.30. The predicted octanol–water partition coefficient (Wildman–Crippen LogP) is 3.77. The second-order valence-electron chi connectivity index (χ2n) is 6.88. The predicted molar refractivity (Wildman–Crippen MR) is 100 cm³/mol. The molecule has 1 aliphatic heterocycles. The largest absolute Gasteiger partial charge is 0.491 e. The molecule has 26 heavy (non-hydrogen) atoms. The standard InChI is InChI=1S/C21H26N2O3/c1-15(2)26-19-7-5-17(6-8-19)21(24)23-20(16-9-12-25-13-10-16)18-4-3-11-22-14-18/h3-8,11,14-16,20H,9-10,12-13H2,1-2H3,(H,23,24). The average molecular weight is 354 g/mol. The average Bonchev–Trinajstić information content (AvgIpc) is 2.67. The van der Waals surface area contributed by atoms with Crippen LogP contribution < -0.4 is 10.1 Å². The second-order valence-corrected chi connectivity index (χ2v) is 6.88. The van der Waals surface area contributed by atoms with Crippen LogP contribution in [-0.4, -0.2) is 30.2 Å². The summed E-state index contributed by atoms with van der Waals surface area (Å²) in [6.07, 6.45) is 5.56. The molecule has 5 heteroatoms. The molecule has 0 radical (unpaired) electrons. The fourth-order valence-electron chi connectivity index (χ4n) is 3.26. The third kappa shape index (κ3) is 4.82. The number of pyridine rings is 1. The van der Waals surface area contributed by atoms with E-state index in [0.29, 0.717) is 11.5 Å². The Bertz CT molecular complexity index is 695. The van der Waals surface area contributed by atoms with Gasteiger partial charge in [-0.05, 0) is 68.5 Å². The van der Waals surface area contributed by atoms with Gasteiger partial charge in [-0.25, -0.2) is 0 Å². The number of hydrogen-bond acceptors (Lipinski definition) is 4. The van der Waals surface area contributed by atoms with Gasteiger partial charge in [0.1, 0.15) is 5.75 Å². The van der Waals surface area contributed by atoms with Gasteiger partial charge < -0.3 is 14.8 Å². The summed E-state index contributed by atoms with van der Waals surface area (Å²) >= 11 is 0. The Morgan fingerprint density at radius 2 is 1.92 bits per heavy atom. The number of hydrogen-bond donors (Lipinski definition) is 1. The SMILES string of the molecule is CC(C)Oc1ccc(C(=O)NC(c2cccnc2)C2CCOCC2)cc1. The smallest absolute Gasteiger partial charge is 0.251 e. The van der Waals surface area contributed by atoms with E-state index in [1.807, 2.05) is 44.3 Å². The van der Waals surface area contributed by atoms with E-state index in [9.17, 15) is 4.79 Å². The van der Waals surface area contributed by atoms with Gasteiger partial charge in [0, 0.05) is 31.2 Å². The van der Waals surface area contributed by atoms with E-state index in [1.54, 1.807) is 18.3 Å². The molecule has 1 saturated heterocycles. The van der Waals surface area contributed by atoms with Crippen molar-refractivity contribution in [1.29, 1.82) is 0 Å². The van der Waals surface area contributed by atoms with Crippen LogP contribution >= 0.6 is 0 Å². The van der Waals surface area contributed by atoms with E-state index < -0.39 is 0 Å². The number of aromatic nitrogens is 1. The number of nitrogens with zero attached hydrogens (tertiary/aromatic N) is 1. The van der Waals surface area contributed by atoms with Crippen molar-refractivity contribution in [3.8, 4) is 5.75 Å². The van der Waals surface area contributed by atoms with Crippen molar-refractivity contribution >= 4 is 5.91 Å². The van der Waals surface area contributed by atoms with Crippen LogP contribution in [0, 0.1) is 5.92 Å². The monoisotopic (exact) mass is 354 g/mol. The molecular weight excluding hydrogens is 328 g/mol. The first kappa shape index (κ1) is 18.4. The third-order valence-corrected chi connectivity index (χ3v) is 4.56. The quantitative estimate of drug-likeness (QED) is 0.858. The van der Waals surface area contributed by atoms with Gasteiger partial charge in [0.2, 0.25) is 0 Å². The van der Waals surface area contributed by atoms with Crippen LogP contribution in [0.4, 0.5) is 0 Å². The number of carbonyl (C=O) groups excluding carboxylic acids is 1.